The van der Waals surface area contributed by atoms with E-state index in [1.165, 1.54) is 44.2 Å². The molecule has 1 unspecified atom stereocenters. The fourth-order valence-corrected chi connectivity index (χ4v) is 4.07. The van der Waals surface area contributed by atoms with Crippen molar-refractivity contribution in [3.63, 3.8) is 0 Å². The first-order valence-electron chi connectivity index (χ1n) is 5.54. The van der Waals surface area contributed by atoms with Crippen LogP contribution in [0.5, 0.6) is 0 Å². The second-order valence-electron chi connectivity index (χ2n) is 4.34. The van der Waals surface area contributed by atoms with Crippen molar-refractivity contribution in [2.75, 3.05) is 44.2 Å². The maximum Gasteiger partial charge on any atom is 0.0165 e. The minimum Gasteiger partial charge on any atom is -0.316 e. The lowest BCUT2D eigenvalue weighted by Crippen LogP contribution is -2.48. The molecule has 2 heterocycles. The van der Waals surface area contributed by atoms with Crippen molar-refractivity contribution < 1.29 is 0 Å². The van der Waals surface area contributed by atoms with Crippen molar-refractivity contribution in [1.82, 2.24) is 10.2 Å². The van der Waals surface area contributed by atoms with Crippen LogP contribution < -0.4 is 5.32 Å². The number of hydrogen-bond donors (Lipinski definition) is 1. The highest BCUT2D eigenvalue weighted by Crippen LogP contribution is 2.25. The van der Waals surface area contributed by atoms with Gasteiger partial charge < -0.3 is 10.2 Å². The summed E-state index contributed by atoms with van der Waals surface area (Å²) in [5.74, 6) is 4.43. The third-order valence-corrected chi connectivity index (χ3v) is 5.59. The Hall–Kier alpha value is 0.620. The molecule has 2 fully saturated rings. The number of nitrogens with one attached hydrogen (secondary N) is 1. The molecule has 0 aliphatic carbocycles. The lowest BCUT2D eigenvalue weighted by molar-refractivity contribution is 0.177. The summed E-state index contributed by atoms with van der Waals surface area (Å²) in [6, 6.07) is 0. The first kappa shape index (κ1) is 11.1. The summed E-state index contributed by atoms with van der Waals surface area (Å²) in [5, 5.41) is 3.36. The van der Waals surface area contributed by atoms with Crippen LogP contribution in [0.25, 0.3) is 0 Å². The Bertz CT molecular complexity index is 166. The summed E-state index contributed by atoms with van der Waals surface area (Å²) in [7, 11) is 4.07. The molecule has 0 aromatic rings. The van der Waals surface area contributed by atoms with Crippen LogP contribution in [0.1, 0.15) is 6.92 Å². The SMILES string of the molecule is CC(CN1CCSSCC1)C1CNC1. The van der Waals surface area contributed by atoms with Gasteiger partial charge in [-0.05, 0) is 24.9 Å². The number of hydrogen-bond acceptors (Lipinski definition) is 4. The Morgan fingerprint density at radius 3 is 2.43 bits per heavy atom. The predicted octanol–water partition coefficient (Wildman–Crippen LogP) is 1.54. The van der Waals surface area contributed by atoms with Crippen molar-refractivity contribution in [3.05, 3.63) is 0 Å². The predicted molar refractivity (Wildman–Crippen MR) is 66.9 cm³/mol. The Labute approximate surface area is 95.0 Å². The van der Waals surface area contributed by atoms with Gasteiger partial charge in [-0.2, -0.15) is 0 Å². The maximum absolute atomic E-state index is 3.36. The van der Waals surface area contributed by atoms with Gasteiger partial charge in [0.25, 0.3) is 0 Å². The third kappa shape index (κ3) is 3.05. The molecule has 0 spiro atoms. The first-order chi connectivity index (χ1) is 6.86. The van der Waals surface area contributed by atoms with Crippen molar-refractivity contribution in [1.29, 1.82) is 0 Å². The van der Waals surface area contributed by atoms with Gasteiger partial charge in [-0.25, -0.2) is 0 Å². The molecule has 0 saturated carbocycles. The molecule has 2 nitrogen and oxygen atoms in total. The van der Waals surface area contributed by atoms with Gasteiger partial charge in [0.1, 0.15) is 0 Å². The van der Waals surface area contributed by atoms with Gasteiger partial charge >= 0.3 is 0 Å². The van der Waals surface area contributed by atoms with Crippen molar-refractivity contribution >= 4 is 21.6 Å². The van der Waals surface area contributed by atoms with Gasteiger partial charge in [-0.3, -0.25) is 0 Å². The topological polar surface area (TPSA) is 15.3 Å². The molecular formula is C10H20N2S2. The summed E-state index contributed by atoms with van der Waals surface area (Å²) >= 11 is 0. The van der Waals surface area contributed by atoms with Crippen LogP contribution in [0.4, 0.5) is 0 Å². The van der Waals surface area contributed by atoms with Crippen molar-refractivity contribution in [2.24, 2.45) is 11.8 Å². The van der Waals surface area contributed by atoms with Crippen LogP contribution in [0.15, 0.2) is 0 Å². The van der Waals surface area contributed by atoms with E-state index in [1.54, 1.807) is 0 Å². The Balaban J connectivity index is 1.71. The molecule has 2 rings (SSSR count). The van der Waals surface area contributed by atoms with Crippen LogP contribution in [-0.4, -0.2) is 49.1 Å². The molecule has 0 aromatic heterocycles. The lowest BCUT2D eigenvalue weighted by atomic mass is 9.88. The summed E-state index contributed by atoms with van der Waals surface area (Å²) in [5.41, 5.74) is 0. The van der Waals surface area contributed by atoms with E-state index in [4.69, 9.17) is 0 Å². The van der Waals surface area contributed by atoms with Gasteiger partial charge in [0, 0.05) is 31.1 Å². The average molecular weight is 232 g/mol. The molecular weight excluding hydrogens is 212 g/mol. The van der Waals surface area contributed by atoms with E-state index in [2.05, 4.69) is 17.1 Å². The Kier molecular flexibility index (Phi) is 4.47. The quantitative estimate of drug-likeness (QED) is 0.742. The van der Waals surface area contributed by atoms with E-state index in [9.17, 15) is 0 Å². The van der Waals surface area contributed by atoms with Gasteiger partial charge in [-0.15, -0.1) is 0 Å². The van der Waals surface area contributed by atoms with E-state index in [1.807, 2.05) is 21.6 Å². The number of rotatable bonds is 3. The molecule has 0 amide bonds. The van der Waals surface area contributed by atoms with Crippen LogP contribution in [0.2, 0.25) is 0 Å². The molecule has 1 N–H and O–H groups in total. The molecule has 0 bridgehead atoms. The normalized spacial score (nSPS) is 28.1. The zero-order valence-corrected chi connectivity index (χ0v) is 10.5. The van der Waals surface area contributed by atoms with Crippen LogP contribution in [0, 0.1) is 11.8 Å². The molecule has 14 heavy (non-hydrogen) atoms. The minimum atomic E-state index is 0.879. The van der Waals surface area contributed by atoms with E-state index >= 15 is 0 Å². The fourth-order valence-electron chi connectivity index (χ4n) is 2.01. The second-order valence-corrected chi connectivity index (χ2v) is 7.04. The average Bonchev–Trinajstić information content (AvgIpc) is 2.29. The largest absolute Gasteiger partial charge is 0.316 e. The molecule has 82 valence electrons. The van der Waals surface area contributed by atoms with E-state index in [0.29, 0.717) is 0 Å². The monoisotopic (exact) mass is 232 g/mol. The maximum atomic E-state index is 3.36. The van der Waals surface area contributed by atoms with E-state index in [0.717, 1.165) is 11.8 Å². The first-order valence-corrected chi connectivity index (χ1v) is 8.02. The Morgan fingerprint density at radius 2 is 1.93 bits per heavy atom. The van der Waals surface area contributed by atoms with Gasteiger partial charge in [0.05, 0.1) is 0 Å². The van der Waals surface area contributed by atoms with Crippen LogP contribution in [-0.2, 0) is 0 Å². The molecule has 4 heteroatoms. The zero-order valence-electron chi connectivity index (χ0n) is 8.87. The molecule has 1 atom stereocenters. The zero-order chi connectivity index (χ0) is 9.80. The number of nitrogens with zero attached hydrogens (tertiary/aromatic N) is 1. The fraction of sp³-hybridized carbons (Fsp3) is 1.00. The molecule has 0 aromatic carbocycles. The summed E-state index contributed by atoms with van der Waals surface area (Å²) in [4.78, 5) is 2.65. The standard InChI is InChI=1S/C10H20N2S2/c1-9(10-6-11-7-10)8-12-2-4-13-14-5-3-12/h9-11H,2-8H2,1H3. The smallest absolute Gasteiger partial charge is 0.0165 e. The van der Waals surface area contributed by atoms with Crippen LogP contribution in [0.3, 0.4) is 0 Å². The highest BCUT2D eigenvalue weighted by atomic mass is 33.1. The lowest BCUT2D eigenvalue weighted by Gasteiger charge is -2.35. The van der Waals surface area contributed by atoms with Crippen LogP contribution >= 0.6 is 21.6 Å². The molecule has 2 aliphatic rings. The Morgan fingerprint density at radius 1 is 1.29 bits per heavy atom. The summed E-state index contributed by atoms with van der Waals surface area (Å²) in [6.07, 6.45) is 0. The third-order valence-electron chi connectivity index (χ3n) is 3.23. The van der Waals surface area contributed by atoms with Gasteiger partial charge in [0.15, 0.2) is 0 Å². The molecule has 0 radical (unpaired) electrons. The summed E-state index contributed by atoms with van der Waals surface area (Å²) < 4.78 is 0. The minimum absolute atomic E-state index is 0.879. The molecule has 2 saturated heterocycles. The van der Waals surface area contributed by atoms with Gasteiger partial charge in [0.2, 0.25) is 0 Å². The van der Waals surface area contributed by atoms with E-state index in [-0.39, 0.29) is 0 Å². The molecule has 2 aliphatic heterocycles. The second kappa shape index (κ2) is 5.64. The van der Waals surface area contributed by atoms with Gasteiger partial charge in [-0.1, -0.05) is 28.5 Å². The highest BCUT2D eigenvalue weighted by Gasteiger charge is 2.25. The highest BCUT2D eigenvalue weighted by molar-refractivity contribution is 8.76. The van der Waals surface area contributed by atoms with Crippen molar-refractivity contribution in [3.8, 4) is 0 Å². The summed E-state index contributed by atoms with van der Waals surface area (Å²) in [6.45, 7) is 8.81. The van der Waals surface area contributed by atoms with E-state index < -0.39 is 0 Å². The van der Waals surface area contributed by atoms with Crippen molar-refractivity contribution in [2.45, 2.75) is 6.92 Å².